The first kappa shape index (κ1) is 29.0. The van der Waals surface area contributed by atoms with Gasteiger partial charge in [0.25, 0.3) is 0 Å². The number of aromatic nitrogens is 3. The molecular weight excluding hydrogens is 457 g/mol. The molecule has 1 aliphatic carbocycles. The molecule has 3 heterocycles. The minimum atomic E-state index is -0.228. The number of hydrogen-bond donors (Lipinski definition) is 0. The Bertz CT molecular complexity index is 1070. The molecular formula is C26H32LiN3O4S. The van der Waals surface area contributed by atoms with E-state index in [-0.39, 0.29) is 42.6 Å². The molecule has 1 aliphatic rings. The molecule has 0 saturated heterocycles. The number of carbonyl (C=O) groups is 1. The van der Waals surface area contributed by atoms with Crippen molar-refractivity contribution in [2.75, 3.05) is 13.7 Å². The van der Waals surface area contributed by atoms with Crippen LogP contribution in [0.15, 0.2) is 36.7 Å². The normalized spacial score (nSPS) is 13.1. The Labute approximate surface area is 223 Å². The molecule has 0 bridgehead atoms. The van der Waals surface area contributed by atoms with E-state index in [4.69, 9.17) is 14.5 Å². The molecule has 182 valence electrons. The van der Waals surface area contributed by atoms with Gasteiger partial charge in [0.15, 0.2) is 0 Å². The van der Waals surface area contributed by atoms with Crippen molar-refractivity contribution in [3.63, 3.8) is 0 Å². The predicted octanol–water partition coefficient (Wildman–Crippen LogP) is 1.91. The molecule has 9 heteroatoms. The van der Waals surface area contributed by atoms with Gasteiger partial charge >= 0.3 is 24.8 Å². The van der Waals surface area contributed by atoms with Crippen LogP contribution in [0, 0.1) is 0 Å². The van der Waals surface area contributed by atoms with Crippen molar-refractivity contribution >= 4 is 17.3 Å². The number of rotatable bonds is 10. The number of hydrogen-bond acceptors (Lipinski definition) is 8. The van der Waals surface area contributed by atoms with Crippen LogP contribution in [0.3, 0.4) is 0 Å². The summed E-state index contributed by atoms with van der Waals surface area (Å²) in [4.78, 5) is 27.4. The minimum absolute atomic E-state index is 0. The van der Waals surface area contributed by atoms with E-state index in [0.717, 1.165) is 36.3 Å². The average Bonchev–Trinajstić information content (AvgIpc) is 3.31. The topological polar surface area (TPSA) is 104 Å². The van der Waals surface area contributed by atoms with E-state index in [1.54, 1.807) is 24.6 Å². The second-order valence-corrected chi connectivity index (χ2v) is 9.48. The average molecular weight is 490 g/mol. The van der Waals surface area contributed by atoms with Crippen molar-refractivity contribution in [3.05, 3.63) is 69.1 Å². The fourth-order valence-corrected chi connectivity index (χ4v) is 5.35. The van der Waals surface area contributed by atoms with Gasteiger partial charge in [0.1, 0.15) is 5.01 Å². The molecule has 4 rings (SSSR count). The number of aryl methyl sites for hydroxylation is 4. The zero-order chi connectivity index (χ0) is 23.0. The van der Waals surface area contributed by atoms with Crippen molar-refractivity contribution in [3.8, 4) is 5.88 Å². The van der Waals surface area contributed by atoms with Crippen molar-refractivity contribution in [1.82, 2.24) is 15.0 Å². The van der Waals surface area contributed by atoms with Gasteiger partial charge in [-0.05, 0) is 69.1 Å². The van der Waals surface area contributed by atoms with Crippen LogP contribution >= 0.6 is 11.3 Å². The molecule has 3 aromatic rings. The summed E-state index contributed by atoms with van der Waals surface area (Å²) in [6.45, 7) is 2.19. The van der Waals surface area contributed by atoms with Crippen molar-refractivity contribution in [1.29, 1.82) is 0 Å². The fraction of sp³-hybridized carbons (Fsp3) is 0.462. The van der Waals surface area contributed by atoms with Gasteiger partial charge < -0.3 is 14.9 Å². The summed E-state index contributed by atoms with van der Waals surface area (Å²) in [7, 11) is 1.59. The number of fused-ring (bicyclic) bond motifs is 1. The summed E-state index contributed by atoms with van der Waals surface area (Å²) in [5.41, 5.74) is 4.85. The van der Waals surface area contributed by atoms with Crippen LogP contribution in [0.2, 0.25) is 0 Å². The Balaban J connectivity index is 0.00000216. The molecule has 0 amide bonds. The third-order valence-electron chi connectivity index (χ3n) is 6.01. The summed E-state index contributed by atoms with van der Waals surface area (Å²) in [6.07, 6.45) is 11.7. The Hall–Kier alpha value is -2.24. The van der Waals surface area contributed by atoms with E-state index in [1.807, 2.05) is 25.3 Å². The van der Waals surface area contributed by atoms with Crippen LogP contribution in [0.1, 0.15) is 70.9 Å². The fourth-order valence-electron chi connectivity index (χ4n) is 4.26. The summed E-state index contributed by atoms with van der Waals surface area (Å²) >= 11 is 1.67. The third kappa shape index (κ3) is 7.88. The SMILES string of the molecule is CCOC(=O)CC(c1ccc(OC)nc1)c1ncc(CCCc2ccc3c(n2)CCCC3)s1.[Li+].[OH-]. The summed E-state index contributed by atoms with van der Waals surface area (Å²) < 4.78 is 10.4. The Morgan fingerprint density at radius 2 is 1.91 bits per heavy atom. The second kappa shape index (κ2) is 14.3. The first-order valence-electron chi connectivity index (χ1n) is 11.7. The second-order valence-electron chi connectivity index (χ2n) is 8.33. The maximum Gasteiger partial charge on any atom is 1.00 e. The molecule has 0 spiro atoms. The van der Waals surface area contributed by atoms with Crippen LogP contribution in [0.25, 0.3) is 0 Å². The van der Waals surface area contributed by atoms with Gasteiger partial charge in [-0.2, -0.15) is 0 Å². The first-order valence-corrected chi connectivity index (χ1v) is 12.6. The number of pyridine rings is 2. The molecule has 1 unspecified atom stereocenters. The predicted molar refractivity (Wildman–Crippen MR) is 131 cm³/mol. The number of esters is 1. The van der Waals surface area contributed by atoms with E-state index in [1.165, 1.54) is 41.1 Å². The molecule has 0 radical (unpaired) electrons. The quantitative estimate of drug-likeness (QED) is 0.316. The van der Waals surface area contributed by atoms with Crippen LogP contribution < -0.4 is 23.6 Å². The summed E-state index contributed by atoms with van der Waals surface area (Å²) in [5.74, 6) is 0.140. The zero-order valence-corrected chi connectivity index (χ0v) is 21.6. The molecule has 0 aliphatic heterocycles. The molecule has 0 saturated carbocycles. The number of carbonyl (C=O) groups excluding carboxylic acids is 1. The van der Waals surface area contributed by atoms with Gasteiger partial charge in [-0.25, -0.2) is 9.97 Å². The van der Waals surface area contributed by atoms with Gasteiger partial charge in [0, 0.05) is 40.6 Å². The molecule has 3 aromatic heterocycles. The Kier molecular flexibility index (Phi) is 11.9. The van der Waals surface area contributed by atoms with E-state index in [0.29, 0.717) is 12.5 Å². The van der Waals surface area contributed by atoms with Crippen molar-refractivity contribution in [2.24, 2.45) is 0 Å². The van der Waals surface area contributed by atoms with E-state index in [2.05, 4.69) is 22.1 Å². The number of thiazole rings is 1. The minimum Gasteiger partial charge on any atom is -0.870 e. The van der Waals surface area contributed by atoms with E-state index >= 15 is 0 Å². The standard InChI is InChI=1S/C26H31N3O3S.Li.H2O/c1-3-32-25(30)15-22(19-12-14-24(31-2)27-16-19)26-28-17-21(33-26)9-6-8-20-13-11-18-7-4-5-10-23(18)29-20;;/h11-14,16-17,22H,3-10,15H2,1-2H3;;1H2/q;+1;/p-1. The van der Waals surface area contributed by atoms with E-state index in [9.17, 15) is 4.79 Å². The first-order chi connectivity index (χ1) is 16.2. The number of methoxy groups -OCH3 is 1. The molecule has 1 atom stereocenters. The van der Waals surface area contributed by atoms with E-state index < -0.39 is 0 Å². The van der Waals surface area contributed by atoms with Crippen LogP contribution in [-0.4, -0.2) is 40.1 Å². The van der Waals surface area contributed by atoms with Crippen molar-refractivity contribution in [2.45, 2.75) is 64.2 Å². The number of nitrogens with zero attached hydrogens (tertiary/aromatic N) is 3. The van der Waals surface area contributed by atoms with Crippen LogP contribution in [0.5, 0.6) is 5.88 Å². The van der Waals surface area contributed by atoms with Crippen molar-refractivity contribution < 1.29 is 38.6 Å². The zero-order valence-electron chi connectivity index (χ0n) is 20.8. The molecule has 1 N–H and O–H groups in total. The van der Waals surface area contributed by atoms with Gasteiger partial charge in [0.2, 0.25) is 5.88 Å². The van der Waals surface area contributed by atoms with Gasteiger partial charge in [-0.1, -0.05) is 12.1 Å². The molecule has 0 fully saturated rings. The summed E-state index contributed by atoms with van der Waals surface area (Å²) in [6, 6.07) is 8.21. The summed E-state index contributed by atoms with van der Waals surface area (Å²) in [5, 5.41) is 0.914. The van der Waals surface area contributed by atoms with Gasteiger partial charge in [-0.15, -0.1) is 11.3 Å². The van der Waals surface area contributed by atoms with Crippen LogP contribution in [0.4, 0.5) is 0 Å². The Morgan fingerprint density at radius 3 is 2.66 bits per heavy atom. The molecule has 0 aromatic carbocycles. The van der Waals surface area contributed by atoms with Crippen LogP contribution in [-0.2, 0) is 35.2 Å². The largest absolute Gasteiger partial charge is 1.00 e. The van der Waals surface area contributed by atoms with Gasteiger partial charge in [0.05, 0.1) is 20.1 Å². The third-order valence-corrected chi connectivity index (χ3v) is 7.18. The molecule has 7 nitrogen and oxygen atoms in total. The number of ether oxygens (including phenoxy) is 2. The van der Waals surface area contributed by atoms with Gasteiger partial charge in [-0.3, -0.25) is 9.78 Å². The molecule has 35 heavy (non-hydrogen) atoms. The smallest absolute Gasteiger partial charge is 0.870 e. The Morgan fingerprint density at radius 1 is 1.09 bits per heavy atom. The maximum absolute atomic E-state index is 12.3. The maximum atomic E-state index is 12.3. The monoisotopic (exact) mass is 489 g/mol.